The number of nitrogens with one attached hydrogen (secondary N) is 1. The molecule has 1 aromatic rings. The second kappa shape index (κ2) is 7.80. The highest BCUT2D eigenvalue weighted by molar-refractivity contribution is 5.32. The second-order valence-electron chi connectivity index (χ2n) is 6.16. The van der Waals surface area contributed by atoms with E-state index in [2.05, 4.69) is 50.4 Å². The van der Waals surface area contributed by atoms with E-state index in [0.717, 1.165) is 13.2 Å². The molecule has 112 valence electrons. The summed E-state index contributed by atoms with van der Waals surface area (Å²) in [7, 11) is 0. The normalized spacial score (nSPS) is 19.9. The van der Waals surface area contributed by atoms with Gasteiger partial charge in [0.15, 0.2) is 0 Å². The molecule has 1 N–H and O–H groups in total. The first-order chi connectivity index (χ1) is 9.70. The first-order valence-corrected chi connectivity index (χ1v) is 8.13. The first kappa shape index (κ1) is 15.5. The molecule has 0 spiro atoms. The lowest BCUT2D eigenvalue weighted by molar-refractivity contribution is 0.0580. The van der Waals surface area contributed by atoms with Crippen molar-refractivity contribution in [3.05, 3.63) is 35.4 Å². The van der Waals surface area contributed by atoms with Crippen LogP contribution >= 0.6 is 0 Å². The Kier molecular flexibility index (Phi) is 6.06. The van der Waals surface area contributed by atoms with Crippen LogP contribution in [0.2, 0.25) is 0 Å². The molecule has 0 saturated carbocycles. The van der Waals surface area contributed by atoms with Gasteiger partial charge in [0, 0.05) is 6.04 Å². The summed E-state index contributed by atoms with van der Waals surface area (Å²) in [5, 5.41) is 3.59. The fraction of sp³-hybridized carbons (Fsp3) is 0.667. The summed E-state index contributed by atoms with van der Waals surface area (Å²) in [6.07, 6.45) is 5.40. The van der Waals surface area contributed by atoms with Gasteiger partial charge in [0.1, 0.15) is 0 Å². The molecule has 0 aromatic heterocycles. The molecule has 1 aromatic carbocycles. The van der Waals surface area contributed by atoms with Crippen LogP contribution in [0.25, 0.3) is 0 Å². The Balaban J connectivity index is 2.00. The average Bonchev–Trinajstić information content (AvgIpc) is 2.45. The first-order valence-electron chi connectivity index (χ1n) is 8.13. The number of benzene rings is 1. The van der Waals surface area contributed by atoms with Gasteiger partial charge in [0.25, 0.3) is 0 Å². The van der Waals surface area contributed by atoms with Crippen LogP contribution in [-0.2, 0) is 11.2 Å². The Morgan fingerprint density at radius 3 is 2.85 bits per heavy atom. The third-order valence-corrected chi connectivity index (χ3v) is 4.19. The van der Waals surface area contributed by atoms with Crippen molar-refractivity contribution >= 4 is 0 Å². The summed E-state index contributed by atoms with van der Waals surface area (Å²) in [5.74, 6) is 0.694. The predicted molar refractivity (Wildman–Crippen MR) is 85.3 cm³/mol. The summed E-state index contributed by atoms with van der Waals surface area (Å²) in [4.78, 5) is 0. The van der Waals surface area contributed by atoms with E-state index in [1.807, 2.05) is 0 Å². The maximum Gasteiger partial charge on any atom is 0.0623 e. The van der Waals surface area contributed by atoms with Crippen molar-refractivity contribution in [2.75, 3.05) is 13.2 Å². The number of hydrogen-bond acceptors (Lipinski definition) is 2. The van der Waals surface area contributed by atoms with Crippen molar-refractivity contribution in [2.45, 2.75) is 64.5 Å². The van der Waals surface area contributed by atoms with Crippen LogP contribution in [0, 0.1) is 0 Å². The summed E-state index contributed by atoms with van der Waals surface area (Å²) in [5.41, 5.74) is 3.13. The van der Waals surface area contributed by atoms with E-state index < -0.39 is 0 Å². The van der Waals surface area contributed by atoms with Crippen molar-refractivity contribution < 1.29 is 4.74 Å². The quantitative estimate of drug-likeness (QED) is 0.815. The number of likely N-dealkylation sites (N-methyl/N-ethyl adjacent to an activating group) is 1. The van der Waals surface area contributed by atoms with Gasteiger partial charge in [-0.15, -0.1) is 0 Å². The lowest BCUT2D eigenvalue weighted by Crippen LogP contribution is -2.36. The fourth-order valence-corrected chi connectivity index (χ4v) is 3.25. The van der Waals surface area contributed by atoms with Crippen molar-refractivity contribution in [3.8, 4) is 0 Å². The van der Waals surface area contributed by atoms with E-state index in [0.29, 0.717) is 18.1 Å². The minimum atomic E-state index is 0.315. The maximum atomic E-state index is 5.82. The largest absolute Gasteiger partial charge is 0.377 e. The highest BCUT2D eigenvalue weighted by Crippen LogP contribution is 2.34. The van der Waals surface area contributed by atoms with Crippen LogP contribution in [-0.4, -0.2) is 25.3 Å². The van der Waals surface area contributed by atoms with Crippen LogP contribution in [0.3, 0.4) is 0 Å². The number of fused-ring (bicyclic) bond motifs is 1. The van der Waals surface area contributed by atoms with E-state index in [4.69, 9.17) is 4.74 Å². The van der Waals surface area contributed by atoms with Crippen LogP contribution < -0.4 is 5.32 Å². The number of aryl methyl sites for hydroxylation is 1. The molecule has 0 aliphatic heterocycles. The molecule has 2 heteroatoms. The molecule has 0 amide bonds. The predicted octanol–water partition coefficient (Wildman–Crippen LogP) is 3.90. The van der Waals surface area contributed by atoms with Gasteiger partial charge < -0.3 is 10.1 Å². The zero-order valence-corrected chi connectivity index (χ0v) is 13.2. The van der Waals surface area contributed by atoms with Gasteiger partial charge in [0.2, 0.25) is 0 Å². The molecule has 2 nitrogen and oxygen atoms in total. The molecule has 20 heavy (non-hydrogen) atoms. The molecule has 0 saturated heterocycles. The molecule has 0 bridgehead atoms. The van der Waals surface area contributed by atoms with E-state index in [1.165, 1.54) is 25.7 Å². The molecule has 1 aliphatic rings. The molecular formula is C18H29NO. The maximum absolute atomic E-state index is 5.82. The number of rotatable bonds is 7. The zero-order valence-electron chi connectivity index (χ0n) is 13.2. The van der Waals surface area contributed by atoms with Crippen LogP contribution in [0.1, 0.15) is 57.1 Å². The molecule has 0 radical (unpaired) electrons. The topological polar surface area (TPSA) is 21.3 Å². The molecule has 2 rings (SSSR count). The minimum absolute atomic E-state index is 0.315. The van der Waals surface area contributed by atoms with Gasteiger partial charge >= 0.3 is 0 Å². The summed E-state index contributed by atoms with van der Waals surface area (Å²) in [6, 6.07) is 9.45. The van der Waals surface area contributed by atoms with Gasteiger partial charge in [-0.05, 0) is 63.1 Å². The minimum Gasteiger partial charge on any atom is -0.377 e. The van der Waals surface area contributed by atoms with Crippen LogP contribution in [0.15, 0.2) is 24.3 Å². The van der Waals surface area contributed by atoms with E-state index >= 15 is 0 Å². The Morgan fingerprint density at radius 1 is 1.30 bits per heavy atom. The molecule has 0 heterocycles. The number of hydrogen-bond donors (Lipinski definition) is 1. The third-order valence-electron chi connectivity index (χ3n) is 4.19. The van der Waals surface area contributed by atoms with Crippen LogP contribution in [0.5, 0.6) is 0 Å². The van der Waals surface area contributed by atoms with Crippen molar-refractivity contribution in [1.82, 2.24) is 5.32 Å². The van der Waals surface area contributed by atoms with Crippen molar-refractivity contribution in [1.29, 1.82) is 0 Å². The molecule has 0 fully saturated rings. The van der Waals surface area contributed by atoms with Gasteiger partial charge in [-0.3, -0.25) is 0 Å². The zero-order chi connectivity index (χ0) is 14.4. The monoisotopic (exact) mass is 275 g/mol. The smallest absolute Gasteiger partial charge is 0.0623 e. The lowest BCUT2D eigenvalue weighted by Gasteiger charge is -2.29. The Bertz CT molecular complexity index is 402. The molecular weight excluding hydrogens is 246 g/mol. The van der Waals surface area contributed by atoms with Crippen LogP contribution in [0.4, 0.5) is 0 Å². The SMILES string of the molecule is CCNC(COC(C)C)CC1CCCc2ccccc21. The van der Waals surface area contributed by atoms with Gasteiger partial charge in [-0.25, -0.2) is 0 Å². The molecule has 1 aliphatic carbocycles. The van der Waals surface area contributed by atoms with Crippen molar-refractivity contribution in [3.63, 3.8) is 0 Å². The second-order valence-corrected chi connectivity index (χ2v) is 6.16. The summed E-state index contributed by atoms with van der Waals surface area (Å²) < 4.78 is 5.82. The molecule has 2 atom stereocenters. The molecule has 2 unspecified atom stereocenters. The summed E-state index contributed by atoms with van der Waals surface area (Å²) >= 11 is 0. The number of ether oxygens (including phenoxy) is 1. The van der Waals surface area contributed by atoms with E-state index in [-0.39, 0.29) is 0 Å². The highest BCUT2D eigenvalue weighted by Gasteiger charge is 2.23. The lowest BCUT2D eigenvalue weighted by atomic mass is 9.79. The fourth-order valence-electron chi connectivity index (χ4n) is 3.25. The Labute approximate surface area is 123 Å². The standard InChI is InChI=1S/C18H29NO/c1-4-19-17(13-20-14(2)3)12-16-10-7-9-15-8-5-6-11-18(15)16/h5-6,8,11,14,16-17,19H,4,7,9-10,12-13H2,1-3H3. The average molecular weight is 275 g/mol. The Morgan fingerprint density at radius 2 is 2.10 bits per heavy atom. The third kappa shape index (κ3) is 4.32. The Hall–Kier alpha value is -0.860. The summed E-state index contributed by atoms with van der Waals surface area (Å²) in [6.45, 7) is 8.24. The highest BCUT2D eigenvalue weighted by atomic mass is 16.5. The van der Waals surface area contributed by atoms with Gasteiger partial charge in [0.05, 0.1) is 12.7 Å². The van der Waals surface area contributed by atoms with Gasteiger partial charge in [-0.2, -0.15) is 0 Å². The van der Waals surface area contributed by atoms with Gasteiger partial charge in [-0.1, -0.05) is 31.2 Å². The van der Waals surface area contributed by atoms with Crippen molar-refractivity contribution in [2.24, 2.45) is 0 Å². The van der Waals surface area contributed by atoms with E-state index in [9.17, 15) is 0 Å². The van der Waals surface area contributed by atoms with E-state index in [1.54, 1.807) is 11.1 Å².